The number of ether oxygens (including phenoxy) is 1. The van der Waals surface area contributed by atoms with Crippen molar-refractivity contribution in [2.45, 2.75) is 38.8 Å². The number of hydrogen-bond donors (Lipinski definition) is 2. The highest BCUT2D eigenvalue weighted by Crippen LogP contribution is 2.14. The molecule has 108 valence electrons. The van der Waals surface area contributed by atoms with Gasteiger partial charge in [-0.3, -0.25) is 4.79 Å². The van der Waals surface area contributed by atoms with Crippen LogP contribution < -0.4 is 11.5 Å². The molecule has 19 heavy (non-hydrogen) atoms. The van der Waals surface area contributed by atoms with Gasteiger partial charge in [0, 0.05) is 11.4 Å². The number of carbonyl (C=O) groups is 1. The topological polar surface area (TPSA) is 104 Å². The van der Waals surface area contributed by atoms with Gasteiger partial charge in [0.05, 0.1) is 13.2 Å². The molecule has 0 radical (unpaired) electrons. The fraction of sp³-hybridized carbons (Fsp3) is 0.583. The van der Waals surface area contributed by atoms with Gasteiger partial charge in [-0.25, -0.2) is 9.97 Å². The van der Waals surface area contributed by atoms with Gasteiger partial charge in [-0.15, -0.1) is 12.4 Å². The van der Waals surface area contributed by atoms with Gasteiger partial charge in [-0.1, -0.05) is 0 Å². The summed E-state index contributed by atoms with van der Waals surface area (Å²) < 4.78 is 4.55. The summed E-state index contributed by atoms with van der Waals surface area (Å²) in [6, 6.07) is 0.919. The van der Waals surface area contributed by atoms with Gasteiger partial charge in [-0.05, 0) is 32.8 Å². The lowest BCUT2D eigenvalue weighted by molar-refractivity contribution is -0.142. The van der Waals surface area contributed by atoms with E-state index in [9.17, 15) is 4.79 Å². The smallest absolute Gasteiger partial charge is 0.322 e. The largest absolute Gasteiger partial charge is 0.468 e. The first kappa shape index (κ1) is 17.8. The second-order valence-electron chi connectivity index (χ2n) is 4.32. The molecule has 0 fully saturated rings. The Morgan fingerprint density at radius 3 is 2.26 bits per heavy atom. The third kappa shape index (κ3) is 5.50. The van der Waals surface area contributed by atoms with E-state index in [1.54, 1.807) is 0 Å². The highest BCUT2D eigenvalue weighted by Gasteiger charge is 2.17. The van der Waals surface area contributed by atoms with Crippen molar-refractivity contribution in [2.24, 2.45) is 11.5 Å². The van der Waals surface area contributed by atoms with Crippen LogP contribution in [0.4, 0.5) is 0 Å². The molecule has 0 saturated carbocycles. The molecular weight excluding hydrogens is 268 g/mol. The van der Waals surface area contributed by atoms with Gasteiger partial charge < -0.3 is 16.2 Å². The first-order valence-corrected chi connectivity index (χ1v) is 5.85. The second kappa shape index (κ2) is 8.04. The van der Waals surface area contributed by atoms with Gasteiger partial charge in [0.15, 0.2) is 0 Å². The molecule has 7 heteroatoms. The lowest BCUT2D eigenvalue weighted by Gasteiger charge is -2.14. The van der Waals surface area contributed by atoms with Crippen LogP contribution in [0.5, 0.6) is 0 Å². The zero-order chi connectivity index (χ0) is 13.7. The minimum atomic E-state index is -0.646. The molecule has 1 rings (SSSR count). The molecule has 4 N–H and O–H groups in total. The quantitative estimate of drug-likeness (QED) is 0.777. The van der Waals surface area contributed by atoms with E-state index in [0.717, 1.165) is 11.4 Å². The van der Waals surface area contributed by atoms with E-state index in [2.05, 4.69) is 14.7 Å². The summed E-state index contributed by atoms with van der Waals surface area (Å²) in [7, 11) is 1.31. The number of methoxy groups -OCH3 is 1. The summed E-state index contributed by atoms with van der Waals surface area (Å²) in [5.41, 5.74) is 13.4. The van der Waals surface area contributed by atoms with Crippen molar-refractivity contribution in [1.29, 1.82) is 0 Å². The summed E-state index contributed by atoms with van der Waals surface area (Å²) in [6.45, 7) is 3.79. The molecule has 1 heterocycles. The maximum atomic E-state index is 11.1. The zero-order valence-electron chi connectivity index (χ0n) is 11.4. The Hall–Kier alpha value is -1.24. The number of rotatable bonds is 5. The van der Waals surface area contributed by atoms with E-state index in [-0.39, 0.29) is 18.4 Å². The monoisotopic (exact) mass is 288 g/mol. The minimum Gasteiger partial charge on any atom is -0.468 e. The number of carbonyl (C=O) groups excluding carboxylic acids is 1. The van der Waals surface area contributed by atoms with Crippen molar-refractivity contribution in [3.8, 4) is 0 Å². The molecule has 0 aliphatic heterocycles. The Balaban J connectivity index is 0.00000324. The zero-order valence-corrected chi connectivity index (χ0v) is 12.2. The number of hydrogen-bond acceptors (Lipinski definition) is 6. The molecule has 0 aliphatic carbocycles. The molecule has 0 aliphatic rings. The van der Waals surface area contributed by atoms with E-state index in [0.29, 0.717) is 18.7 Å². The van der Waals surface area contributed by atoms with E-state index >= 15 is 0 Å². The van der Waals surface area contributed by atoms with Crippen LogP contribution in [0.25, 0.3) is 0 Å². The van der Waals surface area contributed by atoms with Crippen molar-refractivity contribution >= 4 is 18.4 Å². The summed E-state index contributed by atoms with van der Waals surface area (Å²) in [4.78, 5) is 19.7. The summed E-state index contributed by atoms with van der Waals surface area (Å²) >= 11 is 0. The number of nitrogens with zero attached hydrogens (tertiary/aromatic N) is 2. The van der Waals surface area contributed by atoms with Crippen molar-refractivity contribution in [3.63, 3.8) is 0 Å². The van der Waals surface area contributed by atoms with E-state index in [4.69, 9.17) is 11.5 Å². The Morgan fingerprint density at radius 2 is 1.79 bits per heavy atom. The van der Waals surface area contributed by atoms with Crippen LogP contribution in [0.1, 0.15) is 36.1 Å². The average molecular weight is 289 g/mol. The van der Waals surface area contributed by atoms with Crippen LogP contribution in [-0.4, -0.2) is 29.1 Å². The van der Waals surface area contributed by atoms with Gasteiger partial charge in [0.25, 0.3) is 0 Å². The standard InChI is InChI=1S/C12H20N4O2.ClH/c1-7-6-8(2)16-11(15-7)9(13)4-5-10(14)12(17)18-3;/h6,9-10H,4-5,13-14H2,1-3H3;1H/t9?,10-;/m0./s1. The number of aromatic nitrogens is 2. The molecule has 1 unspecified atom stereocenters. The normalized spacial score (nSPS) is 13.3. The van der Waals surface area contributed by atoms with E-state index in [1.165, 1.54) is 7.11 Å². The fourth-order valence-electron chi connectivity index (χ4n) is 1.68. The van der Waals surface area contributed by atoms with E-state index < -0.39 is 12.0 Å². The summed E-state index contributed by atoms with van der Waals surface area (Å²) in [6.07, 6.45) is 0.989. The molecule has 1 aromatic heterocycles. The molecule has 0 amide bonds. The molecular formula is C12H21ClN4O2. The molecule has 0 bridgehead atoms. The summed E-state index contributed by atoms with van der Waals surface area (Å²) in [5.74, 6) is 0.160. The number of esters is 1. The molecule has 1 aromatic rings. The first-order chi connectivity index (χ1) is 8.43. The van der Waals surface area contributed by atoms with Crippen molar-refractivity contribution in [2.75, 3.05) is 7.11 Å². The fourth-order valence-corrected chi connectivity index (χ4v) is 1.68. The maximum Gasteiger partial charge on any atom is 0.322 e. The van der Waals surface area contributed by atoms with Crippen LogP contribution in [0.3, 0.4) is 0 Å². The SMILES string of the molecule is COC(=O)[C@@H](N)CCC(N)c1nc(C)cc(C)n1.Cl. The highest BCUT2D eigenvalue weighted by molar-refractivity contribution is 5.85. The lowest BCUT2D eigenvalue weighted by Crippen LogP contribution is -2.32. The van der Waals surface area contributed by atoms with Gasteiger partial charge in [-0.2, -0.15) is 0 Å². The average Bonchev–Trinajstić information content (AvgIpc) is 2.33. The molecule has 6 nitrogen and oxygen atoms in total. The van der Waals surface area contributed by atoms with Crippen molar-refractivity contribution in [1.82, 2.24) is 9.97 Å². The third-order valence-electron chi connectivity index (χ3n) is 2.62. The third-order valence-corrected chi connectivity index (χ3v) is 2.62. The van der Waals surface area contributed by atoms with Crippen molar-refractivity contribution < 1.29 is 9.53 Å². The molecule has 2 atom stereocenters. The first-order valence-electron chi connectivity index (χ1n) is 5.85. The number of halogens is 1. The van der Waals surface area contributed by atoms with Gasteiger partial charge in [0.1, 0.15) is 11.9 Å². The Bertz CT molecular complexity index is 408. The van der Waals surface area contributed by atoms with Gasteiger partial charge in [0.2, 0.25) is 0 Å². The molecule has 0 saturated heterocycles. The van der Waals surface area contributed by atoms with Crippen molar-refractivity contribution in [3.05, 3.63) is 23.3 Å². The second-order valence-corrected chi connectivity index (χ2v) is 4.32. The number of aryl methyl sites for hydroxylation is 2. The Kier molecular flexibility index (Phi) is 7.51. The van der Waals surface area contributed by atoms with Crippen LogP contribution >= 0.6 is 12.4 Å². The van der Waals surface area contributed by atoms with Gasteiger partial charge >= 0.3 is 5.97 Å². The Labute approximate surface area is 119 Å². The van der Waals surface area contributed by atoms with Crippen LogP contribution in [0.15, 0.2) is 6.07 Å². The molecule has 0 spiro atoms. The van der Waals surface area contributed by atoms with Crippen LogP contribution in [0, 0.1) is 13.8 Å². The predicted molar refractivity (Wildman–Crippen MR) is 74.9 cm³/mol. The van der Waals surface area contributed by atoms with E-state index in [1.807, 2.05) is 19.9 Å². The number of nitrogens with two attached hydrogens (primary N) is 2. The predicted octanol–water partition coefficient (Wildman–Crippen LogP) is 0.796. The van der Waals surface area contributed by atoms with Crippen LogP contribution in [0.2, 0.25) is 0 Å². The van der Waals surface area contributed by atoms with Crippen LogP contribution in [-0.2, 0) is 9.53 Å². The summed E-state index contributed by atoms with van der Waals surface area (Å²) in [5, 5.41) is 0. The molecule has 0 aromatic carbocycles. The lowest BCUT2D eigenvalue weighted by atomic mass is 10.1. The highest BCUT2D eigenvalue weighted by atomic mass is 35.5. The Morgan fingerprint density at radius 1 is 1.26 bits per heavy atom. The maximum absolute atomic E-state index is 11.1. The minimum absolute atomic E-state index is 0.